The number of hydrogen-bond donors (Lipinski definition) is 2. The molecule has 3 fully saturated rings. The third-order valence-electron chi connectivity index (χ3n) is 5.55. The van der Waals surface area contributed by atoms with Crippen LogP contribution in [-0.2, 0) is 4.79 Å². The third-order valence-corrected chi connectivity index (χ3v) is 5.55. The first-order valence-corrected chi connectivity index (χ1v) is 8.90. The maximum absolute atomic E-state index is 12.9. The van der Waals surface area contributed by atoms with Gasteiger partial charge in [0.05, 0.1) is 0 Å². The molecule has 5 nitrogen and oxygen atoms in total. The number of rotatable bonds is 2. The van der Waals surface area contributed by atoms with E-state index in [9.17, 15) is 4.79 Å². The second-order valence-corrected chi connectivity index (χ2v) is 7.01. The van der Waals surface area contributed by atoms with Crippen LogP contribution in [0.5, 0.6) is 0 Å². The SMILES string of the molecule is O=C(C1CC(c2ccccc2)NN1)N1CCN2CCCCC2C1. The summed E-state index contributed by atoms with van der Waals surface area (Å²) in [6.45, 7) is 4.04. The highest BCUT2D eigenvalue weighted by atomic mass is 16.2. The number of carbonyl (C=O) groups excluding carboxylic acids is 1. The topological polar surface area (TPSA) is 47.6 Å². The lowest BCUT2D eigenvalue weighted by atomic mass is 9.98. The van der Waals surface area contributed by atoms with Gasteiger partial charge >= 0.3 is 0 Å². The zero-order valence-corrected chi connectivity index (χ0v) is 13.6. The highest BCUT2D eigenvalue weighted by molar-refractivity contribution is 5.82. The lowest BCUT2D eigenvalue weighted by Crippen LogP contribution is -2.58. The zero-order chi connectivity index (χ0) is 15.6. The molecule has 1 amide bonds. The van der Waals surface area contributed by atoms with Gasteiger partial charge in [0.15, 0.2) is 0 Å². The number of carbonyl (C=O) groups is 1. The van der Waals surface area contributed by atoms with Crippen LogP contribution in [-0.4, -0.2) is 54.0 Å². The first-order valence-electron chi connectivity index (χ1n) is 8.90. The van der Waals surface area contributed by atoms with E-state index in [0.717, 1.165) is 26.1 Å². The maximum atomic E-state index is 12.9. The van der Waals surface area contributed by atoms with Crippen molar-refractivity contribution in [3.05, 3.63) is 35.9 Å². The standard InChI is InChI=1S/C18H26N4O/c23-18(22-11-10-21-9-5-4-8-15(21)13-22)17-12-16(19-20-17)14-6-2-1-3-7-14/h1-3,6-7,15-17,19-20H,4-5,8-13H2. The number of amides is 1. The van der Waals surface area contributed by atoms with E-state index in [1.54, 1.807) is 0 Å². The van der Waals surface area contributed by atoms with Crippen molar-refractivity contribution in [3.8, 4) is 0 Å². The van der Waals surface area contributed by atoms with Gasteiger partial charge in [0, 0.05) is 31.7 Å². The summed E-state index contributed by atoms with van der Waals surface area (Å²) >= 11 is 0. The molecule has 0 aromatic heterocycles. The molecule has 3 aliphatic heterocycles. The average molecular weight is 314 g/mol. The van der Waals surface area contributed by atoms with Gasteiger partial charge in [-0.2, -0.15) is 0 Å². The maximum Gasteiger partial charge on any atom is 0.241 e. The average Bonchev–Trinajstić information content (AvgIpc) is 3.11. The van der Waals surface area contributed by atoms with Gasteiger partial charge in [-0.05, 0) is 31.4 Å². The first-order chi connectivity index (χ1) is 11.3. The smallest absolute Gasteiger partial charge is 0.241 e. The Labute approximate surface area is 138 Å². The number of nitrogens with one attached hydrogen (secondary N) is 2. The van der Waals surface area contributed by atoms with Crippen LogP contribution in [0, 0.1) is 0 Å². The van der Waals surface area contributed by atoms with Gasteiger partial charge in [0.25, 0.3) is 0 Å². The second-order valence-electron chi connectivity index (χ2n) is 7.01. The molecule has 0 aliphatic carbocycles. The Morgan fingerprint density at radius 2 is 1.91 bits per heavy atom. The van der Waals surface area contributed by atoms with Crippen molar-refractivity contribution >= 4 is 5.91 Å². The number of nitrogens with zero attached hydrogens (tertiary/aromatic N) is 2. The van der Waals surface area contributed by atoms with Gasteiger partial charge in [-0.3, -0.25) is 9.69 Å². The molecule has 4 rings (SSSR count). The van der Waals surface area contributed by atoms with Crippen LogP contribution < -0.4 is 10.9 Å². The molecular weight excluding hydrogens is 288 g/mol. The minimum absolute atomic E-state index is 0.102. The van der Waals surface area contributed by atoms with Gasteiger partial charge in [-0.1, -0.05) is 36.8 Å². The Balaban J connectivity index is 1.36. The van der Waals surface area contributed by atoms with Crippen molar-refractivity contribution in [3.63, 3.8) is 0 Å². The summed E-state index contributed by atoms with van der Waals surface area (Å²) in [5, 5.41) is 0. The molecule has 1 aromatic rings. The number of piperazine rings is 1. The van der Waals surface area contributed by atoms with Crippen molar-refractivity contribution in [1.82, 2.24) is 20.7 Å². The summed E-state index contributed by atoms with van der Waals surface area (Å²) in [5.41, 5.74) is 7.75. The minimum Gasteiger partial charge on any atom is -0.338 e. The molecule has 3 aliphatic rings. The fourth-order valence-electron chi connectivity index (χ4n) is 4.20. The fraction of sp³-hybridized carbons (Fsp3) is 0.611. The van der Waals surface area contributed by atoms with Crippen LogP contribution in [0.3, 0.4) is 0 Å². The van der Waals surface area contributed by atoms with Gasteiger partial charge in [-0.25, -0.2) is 10.9 Å². The van der Waals surface area contributed by atoms with Crippen LogP contribution in [0.15, 0.2) is 30.3 Å². The highest BCUT2D eigenvalue weighted by Gasteiger charge is 2.36. The van der Waals surface area contributed by atoms with Crippen molar-refractivity contribution in [2.45, 2.75) is 43.8 Å². The highest BCUT2D eigenvalue weighted by Crippen LogP contribution is 2.25. The van der Waals surface area contributed by atoms with Crippen molar-refractivity contribution in [2.75, 3.05) is 26.2 Å². The molecule has 124 valence electrons. The molecule has 0 radical (unpaired) electrons. The molecule has 0 saturated carbocycles. The molecule has 2 N–H and O–H groups in total. The number of fused-ring (bicyclic) bond motifs is 1. The summed E-state index contributed by atoms with van der Waals surface area (Å²) < 4.78 is 0. The summed E-state index contributed by atoms with van der Waals surface area (Å²) in [5.74, 6) is 0.265. The summed E-state index contributed by atoms with van der Waals surface area (Å²) in [6.07, 6.45) is 4.69. The lowest BCUT2D eigenvalue weighted by molar-refractivity contribution is -0.136. The molecule has 5 heteroatoms. The Hall–Kier alpha value is -1.43. The largest absolute Gasteiger partial charge is 0.338 e. The van der Waals surface area contributed by atoms with Gasteiger partial charge in [0.2, 0.25) is 5.91 Å². The Morgan fingerprint density at radius 3 is 2.78 bits per heavy atom. The quantitative estimate of drug-likeness (QED) is 0.864. The van der Waals surface area contributed by atoms with Crippen molar-refractivity contribution in [2.24, 2.45) is 0 Å². The molecule has 1 aromatic carbocycles. The number of hydrogen-bond acceptors (Lipinski definition) is 4. The lowest BCUT2D eigenvalue weighted by Gasteiger charge is -2.44. The van der Waals surface area contributed by atoms with E-state index >= 15 is 0 Å². The molecule has 0 spiro atoms. The van der Waals surface area contributed by atoms with Crippen LogP contribution in [0.4, 0.5) is 0 Å². The van der Waals surface area contributed by atoms with E-state index in [1.165, 1.54) is 31.4 Å². The van der Waals surface area contributed by atoms with Gasteiger partial charge in [0.1, 0.15) is 6.04 Å². The summed E-state index contributed by atoms with van der Waals surface area (Å²) in [7, 11) is 0. The third kappa shape index (κ3) is 3.13. The molecule has 3 saturated heterocycles. The van der Waals surface area contributed by atoms with Gasteiger partial charge in [-0.15, -0.1) is 0 Å². The van der Waals surface area contributed by atoms with Crippen molar-refractivity contribution in [1.29, 1.82) is 0 Å². The van der Waals surface area contributed by atoms with Gasteiger partial charge < -0.3 is 4.90 Å². The first kappa shape index (κ1) is 15.1. The van der Waals surface area contributed by atoms with E-state index in [0.29, 0.717) is 6.04 Å². The van der Waals surface area contributed by atoms with Crippen LogP contribution >= 0.6 is 0 Å². The van der Waals surface area contributed by atoms with E-state index in [1.807, 2.05) is 6.07 Å². The molecule has 3 heterocycles. The van der Waals surface area contributed by atoms with E-state index in [2.05, 4.69) is 44.9 Å². The number of benzene rings is 1. The predicted molar refractivity (Wildman–Crippen MR) is 89.7 cm³/mol. The molecular formula is C18H26N4O. The Morgan fingerprint density at radius 1 is 1.04 bits per heavy atom. The Bertz CT molecular complexity index is 549. The van der Waals surface area contributed by atoms with E-state index in [4.69, 9.17) is 0 Å². The molecule has 0 bridgehead atoms. The van der Waals surface area contributed by atoms with E-state index in [-0.39, 0.29) is 18.0 Å². The second kappa shape index (κ2) is 6.59. The normalized spacial score (nSPS) is 31.8. The summed E-state index contributed by atoms with van der Waals surface area (Å²) in [4.78, 5) is 17.5. The molecule has 23 heavy (non-hydrogen) atoms. The van der Waals surface area contributed by atoms with Crippen LogP contribution in [0.1, 0.15) is 37.3 Å². The van der Waals surface area contributed by atoms with Crippen LogP contribution in [0.2, 0.25) is 0 Å². The summed E-state index contributed by atoms with van der Waals surface area (Å²) in [6, 6.07) is 11.1. The predicted octanol–water partition coefficient (Wildman–Crippen LogP) is 1.29. The van der Waals surface area contributed by atoms with Crippen molar-refractivity contribution < 1.29 is 4.79 Å². The monoisotopic (exact) mass is 314 g/mol. The molecule has 3 atom stereocenters. The molecule has 3 unspecified atom stereocenters. The van der Waals surface area contributed by atoms with Crippen LogP contribution in [0.25, 0.3) is 0 Å². The van der Waals surface area contributed by atoms with E-state index < -0.39 is 0 Å². The Kier molecular flexibility index (Phi) is 4.33. The zero-order valence-electron chi connectivity index (χ0n) is 13.6. The number of hydrazine groups is 1. The minimum atomic E-state index is -0.102. The fourth-order valence-corrected chi connectivity index (χ4v) is 4.20. The number of piperidine rings is 1.